The Morgan fingerprint density at radius 1 is 1.37 bits per heavy atom. The van der Waals surface area contributed by atoms with Gasteiger partial charge in [-0.05, 0) is 42.0 Å². The summed E-state index contributed by atoms with van der Waals surface area (Å²) < 4.78 is 0. The molecule has 1 aromatic carbocycles. The van der Waals surface area contributed by atoms with E-state index in [0.29, 0.717) is 12.6 Å². The molecule has 19 heavy (non-hydrogen) atoms. The lowest BCUT2D eigenvalue weighted by Gasteiger charge is -2.22. The number of rotatable bonds is 4. The molecule has 4 heteroatoms. The standard InChI is InChI=1S/C15H16N2OS/c16-13-3-1-2-11(8-13)9-17(14-4-5-14)15(18)12-6-7-19-10-12/h1-3,6-8,10,14H,4-5,9,16H2. The van der Waals surface area contributed by atoms with Gasteiger partial charge in [-0.1, -0.05) is 12.1 Å². The molecule has 1 saturated carbocycles. The second-order valence-electron chi connectivity index (χ2n) is 4.92. The SMILES string of the molecule is Nc1cccc(CN(C(=O)c2ccsc2)C2CC2)c1. The largest absolute Gasteiger partial charge is 0.399 e. The first-order valence-electron chi connectivity index (χ1n) is 6.41. The second-order valence-corrected chi connectivity index (χ2v) is 5.70. The quantitative estimate of drug-likeness (QED) is 0.869. The first kappa shape index (κ1) is 12.2. The number of hydrogen-bond donors (Lipinski definition) is 1. The van der Waals surface area contributed by atoms with Crippen LogP contribution in [-0.4, -0.2) is 16.8 Å². The fraction of sp³-hybridized carbons (Fsp3) is 0.267. The topological polar surface area (TPSA) is 46.3 Å². The van der Waals surface area contributed by atoms with Crippen LogP contribution in [0.25, 0.3) is 0 Å². The van der Waals surface area contributed by atoms with Crippen molar-refractivity contribution in [3.05, 3.63) is 52.2 Å². The summed E-state index contributed by atoms with van der Waals surface area (Å²) in [7, 11) is 0. The first-order valence-corrected chi connectivity index (χ1v) is 7.36. The number of nitrogens with two attached hydrogens (primary N) is 1. The number of anilines is 1. The molecule has 1 aliphatic rings. The van der Waals surface area contributed by atoms with Crippen LogP contribution in [-0.2, 0) is 6.54 Å². The minimum atomic E-state index is 0.131. The lowest BCUT2D eigenvalue weighted by atomic mass is 10.1. The van der Waals surface area contributed by atoms with Gasteiger partial charge in [0.15, 0.2) is 0 Å². The summed E-state index contributed by atoms with van der Waals surface area (Å²) in [6, 6.07) is 10.1. The molecule has 1 fully saturated rings. The van der Waals surface area contributed by atoms with Gasteiger partial charge in [0.05, 0.1) is 5.56 Å². The summed E-state index contributed by atoms with van der Waals surface area (Å²) in [5, 5.41) is 3.86. The molecule has 0 spiro atoms. The van der Waals surface area contributed by atoms with E-state index in [-0.39, 0.29) is 5.91 Å². The molecular formula is C15H16N2OS. The Kier molecular flexibility index (Phi) is 3.25. The summed E-state index contributed by atoms with van der Waals surface area (Å²) in [4.78, 5) is 14.4. The Bertz CT molecular complexity index is 576. The van der Waals surface area contributed by atoms with Crippen LogP contribution in [0.15, 0.2) is 41.1 Å². The number of carbonyl (C=O) groups excluding carboxylic acids is 1. The molecule has 0 atom stereocenters. The lowest BCUT2D eigenvalue weighted by Crippen LogP contribution is -2.32. The first-order chi connectivity index (χ1) is 9.24. The van der Waals surface area contributed by atoms with Gasteiger partial charge in [0.2, 0.25) is 0 Å². The van der Waals surface area contributed by atoms with E-state index in [1.165, 1.54) is 0 Å². The molecule has 2 aromatic rings. The minimum Gasteiger partial charge on any atom is -0.399 e. The smallest absolute Gasteiger partial charge is 0.255 e. The van der Waals surface area contributed by atoms with E-state index in [2.05, 4.69) is 0 Å². The van der Waals surface area contributed by atoms with Crippen molar-refractivity contribution in [1.29, 1.82) is 0 Å². The maximum absolute atomic E-state index is 12.5. The summed E-state index contributed by atoms with van der Waals surface area (Å²) in [5.74, 6) is 0.131. The Hall–Kier alpha value is -1.81. The third-order valence-corrected chi connectivity index (χ3v) is 4.00. The Labute approximate surface area is 116 Å². The molecule has 3 rings (SSSR count). The highest BCUT2D eigenvalue weighted by molar-refractivity contribution is 7.08. The van der Waals surface area contributed by atoms with E-state index in [1.54, 1.807) is 11.3 Å². The Morgan fingerprint density at radius 3 is 2.84 bits per heavy atom. The number of amides is 1. The fourth-order valence-corrected chi connectivity index (χ4v) is 2.82. The highest BCUT2D eigenvalue weighted by atomic mass is 32.1. The van der Waals surface area contributed by atoms with Gasteiger partial charge in [-0.2, -0.15) is 11.3 Å². The van der Waals surface area contributed by atoms with Gasteiger partial charge in [0, 0.05) is 23.7 Å². The van der Waals surface area contributed by atoms with Gasteiger partial charge in [-0.25, -0.2) is 0 Å². The van der Waals surface area contributed by atoms with Crippen LogP contribution >= 0.6 is 11.3 Å². The Morgan fingerprint density at radius 2 is 2.21 bits per heavy atom. The van der Waals surface area contributed by atoms with Crippen molar-refractivity contribution in [2.24, 2.45) is 0 Å². The average Bonchev–Trinajstić information content (AvgIpc) is 3.09. The number of thiophene rings is 1. The molecular weight excluding hydrogens is 256 g/mol. The maximum atomic E-state index is 12.5. The lowest BCUT2D eigenvalue weighted by molar-refractivity contribution is 0.0730. The van der Waals surface area contributed by atoms with Gasteiger partial charge >= 0.3 is 0 Å². The molecule has 1 heterocycles. The van der Waals surface area contributed by atoms with Crippen LogP contribution in [0.4, 0.5) is 5.69 Å². The fourth-order valence-electron chi connectivity index (χ4n) is 2.19. The monoisotopic (exact) mass is 272 g/mol. The average molecular weight is 272 g/mol. The molecule has 0 bridgehead atoms. The van der Waals surface area contributed by atoms with Crippen molar-refractivity contribution in [3.63, 3.8) is 0 Å². The second kappa shape index (κ2) is 5.05. The highest BCUT2D eigenvalue weighted by Gasteiger charge is 2.33. The summed E-state index contributed by atoms with van der Waals surface area (Å²) in [6.45, 7) is 0.643. The number of hydrogen-bond acceptors (Lipinski definition) is 3. The Balaban J connectivity index is 1.80. The number of nitrogens with zero attached hydrogens (tertiary/aromatic N) is 1. The molecule has 0 radical (unpaired) electrons. The zero-order chi connectivity index (χ0) is 13.2. The molecule has 98 valence electrons. The normalized spacial score (nSPS) is 14.3. The summed E-state index contributed by atoms with van der Waals surface area (Å²) in [6.07, 6.45) is 2.22. The van der Waals surface area contributed by atoms with E-state index in [0.717, 1.165) is 29.7 Å². The molecule has 0 aliphatic heterocycles. The molecule has 3 nitrogen and oxygen atoms in total. The number of benzene rings is 1. The zero-order valence-corrected chi connectivity index (χ0v) is 11.4. The zero-order valence-electron chi connectivity index (χ0n) is 10.6. The van der Waals surface area contributed by atoms with Crippen molar-refractivity contribution in [2.45, 2.75) is 25.4 Å². The van der Waals surface area contributed by atoms with Gasteiger partial charge in [0.25, 0.3) is 5.91 Å². The van der Waals surface area contributed by atoms with Crippen LogP contribution in [0.2, 0.25) is 0 Å². The minimum absolute atomic E-state index is 0.131. The molecule has 1 aliphatic carbocycles. The third kappa shape index (κ3) is 2.79. The van der Waals surface area contributed by atoms with E-state index < -0.39 is 0 Å². The van der Waals surface area contributed by atoms with Crippen molar-refractivity contribution < 1.29 is 4.79 Å². The van der Waals surface area contributed by atoms with Crippen LogP contribution in [0.5, 0.6) is 0 Å². The molecule has 0 saturated heterocycles. The highest BCUT2D eigenvalue weighted by Crippen LogP contribution is 2.30. The van der Waals surface area contributed by atoms with E-state index >= 15 is 0 Å². The van der Waals surface area contributed by atoms with Gasteiger partial charge < -0.3 is 10.6 Å². The number of carbonyl (C=O) groups is 1. The van der Waals surface area contributed by atoms with E-state index in [4.69, 9.17) is 5.73 Å². The van der Waals surface area contributed by atoms with Gasteiger partial charge in [-0.3, -0.25) is 4.79 Å². The van der Waals surface area contributed by atoms with Crippen LogP contribution in [0, 0.1) is 0 Å². The summed E-state index contributed by atoms with van der Waals surface area (Å²) >= 11 is 1.56. The van der Waals surface area contributed by atoms with Crippen molar-refractivity contribution in [2.75, 3.05) is 5.73 Å². The van der Waals surface area contributed by atoms with Crippen molar-refractivity contribution in [3.8, 4) is 0 Å². The van der Waals surface area contributed by atoms with Crippen LogP contribution < -0.4 is 5.73 Å². The van der Waals surface area contributed by atoms with Crippen LogP contribution in [0.1, 0.15) is 28.8 Å². The predicted molar refractivity (Wildman–Crippen MR) is 78.1 cm³/mol. The predicted octanol–water partition coefficient (Wildman–Crippen LogP) is 3.14. The van der Waals surface area contributed by atoms with Crippen LogP contribution in [0.3, 0.4) is 0 Å². The van der Waals surface area contributed by atoms with Crippen molar-refractivity contribution in [1.82, 2.24) is 4.90 Å². The van der Waals surface area contributed by atoms with Gasteiger partial charge in [-0.15, -0.1) is 0 Å². The molecule has 2 N–H and O–H groups in total. The van der Waals surface area contributed by atoms with E-state index in [1.807, 2.05) is 46.0 Å². The molecule has 1 aromatic heterocycles. The maximum Gasteiger partial charge on any atom is 0.255 e. The summed E-state index contributed by atoms with van der Waals surface area (Å²) in [5.41, 5.74) is 8.43. The number of nitrogen functional groups attached to an aromatic ring is 1. The van der Waals surface area contributed by atoms with E-state index in [9.17, 15) is 4.79 Å². The molecule has 0 unspecified atom stereocenters. The molecule has 1 amide bonds. The third-order valence-electron chi connectivity index (χ3n) is 3.32. The van der Waals surface area contributed by atoms with Crippen molar-refractivity contribution >= 4 is 22.9 Å². The van der Waals surface area contributed by atoms with Gasteiger partial charge in [0.1, 0.15) is 0 Å².